The second-order valence-corrected chi connectivity index (χ2v) is 19.3. The predicted molar refractivity (Wildman–Crippen MR) is 150 cm³/mol. The van der Waals surface area contributed by atoms with E-state index in [0.29, 0.717) is 18.3 Å². The monoisotopic (exact) mass is 568 g/mol. The highest BCUT2D eigenvalue weighted by atomic mass is 79.9. The summed E-state index contributed by atoms with van der Waals surface area (Å²) in [5.41, 5.74) is 0.0696. The first-order valence-electron chi connectivity index (χ1n) is 13.6. The summed E-state index contributed by atoms with van der Waals surface area (Å²) < 4.78 is 20.7. The summed E-state index contributed by atoms with van der Waals surface area (Å²) in [5, 5.41) is 11.2. The molecular formula is C29H49BrO4Si. The average Bonchev–Trinajstić information content (AvgIpc) is 3.24. The molecule has 2 saturated carbocycles. The summed E-state index contributed by atoms with van der Waals surface area (Å²) in [7, 11) is -1.94. The minimum absolute atomic E-state index is 0.0683. The highest BCUT2D eigenvalue weighted by Crippen LogP contribution is 2.57. The van der Waals surface area contributed by atoms with Crippen molar-refractivity contribution >= 4 is 24.2 Å². The maximum absolute atomic E-state index is 11.1. The van der Waals surface area contributed by atoms with Gasteiger partial charge in [0, 0.05) is 41.5 Å². The molecule has 3 fully saturated rings. The fourth-order valence-corrected chi connectivity index (χ4v) is 7.63. The first kappa shape index (κ1) is 29.4. The summed E-state index contributed by atoms with van der Waals surface area (Å²) in [4.78, 5) is 0. The first-order valence-corrected chi connectivity index (χ1v) is 17.3. The lowest BCUT2D eigenvalue weighted by molar-refractivity contribution is -0.298. The van der Waals surface area contributed by atoms with E-state index in [0.717, 1.165) is 43.4 Å². The molecule has 0 unspecified atom stereocenters. The average molecular weight is 570 g/mol. The quantitative estimate of drug-likeness (QED) is 0.270. The van der Waals surface area contributed by atoms with E-state index in [2.05, 4.69) is 95.4 Å². The van der Waals surface area contributed by atoms with Gasteiger partial charge in [0.25, 0.3) is 0 Å². The van der Waals surface area contributed by atoms with Gasteiger partial charge in [-0.2, -0.15) is 0 Å². The Labute approximate surface area is 224 Å². The molecule has 0 aromatic heterocycles. The summed E-state index contributed by atoms with van der Waals surface area (Å²) >= 11 is 3.77. The minimum Gasteiger partial charge on any atom is -0.413 e. The van der Waals surface area contributed by atoms with Crippen LogP contribution in [0.4, 0.5) is 0 Å². The highest BCUT2D eigenvalue weighted by molar-refractivity contribution is 9.11. The van der Waals surface area contributed by atoms with Gasteiger partial charge < -0.3 is 19.0 Å². The van der Waals surface area contributed by atoms with Gasteiger partial charge in [-0.1, -0.05) is 70.5 Å². The Hall–Kier alpha value is -0.163. The third kappa shape index (κ3) is 6.83. The second-order valence-electron chi connectivity index (χ2n) is 13.6. The molecule has 3 rings (SSSR count). The number of hydrogen-bond acceptors (Lipinski definition) is 4. The molecule has 3 aliphatic rings. The van der Waals surface area contributed by atoms with Crippen molar-refractivity contribution in [1.29, 1.82) is 0 Å². The van der Waals surface area contributed by atoms with Gasteiger partial charge in [0.2, 0.25) is 0 Å². The maximum atomic E-state index is 11.1. The van der Waals surface area contributed by atoms with E-state index < -0.39 is 20.2 Å². The lowest BCUT2D eigenvalue weighted by atomic mass is 9.89. The van der Waals surface area contributed by atoms with E-state index in [-0.39, 0.29) is 28.4 Å². The van der Waals surface area contributed by atoms with Gasteiger partial charge in [-0.3, -0.25) is 0 Å². The maximum Gasteiger partial charge on any atom is 0.192 e. The Morgan fingerprint density at radius 3 is 2.40 bits per heavy atom. The number of aliphatic hydroxyl groups excluding tert-OH is 1. The van der Waals surface area contributed by atoms with Crippen LogP contribution in [0, 0.1) is 40.9 Å². The number of rotatable bonds is 6. The van der Waals surface area contributed by atoms with E-state index in [1.165, 1.54) is 0 Å². The molecule has 35 heavy (non-hydrogen) atoms. The molecule has 1 N–H and O–H groups in total. The van der Waals surface area contributed by atoms with Crippen LogP contribution < -0.4 is 0 Å². The molecule has 200 valence electrons. The van der Waals surface area contributed by atoms with Crippen molar-refractivity contribution < 1.29 is 19.0 Å². The van der Waals surface area contributed by atoms with E-state index in [1.807, 2.05) is 0 Å². The van der Waals surface area contributed by atoms with Crippen molar-refractivity contribution in [3.63, 3.8) is 0 Å². The molecule has 1 aliphatic heterocycles. The van der Waals surface area contributed by atoms with Gasteiger partial charge in [0.1, 0.15) is 0 Å². The third-order valence-electron chi connectivity index (χ3n) is 8.79. The Kier molecular flexibility index (Phi) is 9.16. The van der Waals surface area contributed by atoms with Crippen molar-refractivity contribution in [3.05, 3.63) is 10.6 Å². The Balaban J connectivity index is 1.83. The van der Waals surface area contributed by atoms with Gasteiger partial charge in [-0.05, 0) is 42.3 Å². The SMILES string of the molecule is CCC#CC[C@@H](C)[C@H](O)C(Br)=C[C@@H]1[C@H]2CC3(C[C@H]2C[C@H]1O[Si](C)(C)C(C)(C)C)OCC(C)(C)CO3. The van der Waals surface area contributed by atoms with Crippen LogP contribution in [0.5, 0.6) is 0 Å². The van der Waals surface area contributed by atoms with Crippen LogP contribution in [0.2, 0.25) is 18.1 Å². The lowest BCUT2D eigenvalue weighted by Crippen LogP contribution is -2.47. The van der Waals surface area contributed by atoms with Gasteiger partial charge >= 0.3 is 0 Å². The molecule has 1 heterocycles. The Bertz CT molecular complexity index is 824. The van der Waals surface area contributed by atoms with Crippen LogP contribution in [0.3, 0.4) is 0 Å². The topological polar surface area (TPSA) is 47.9 Å². The normalized spacial score (nSPS) is 32.1. The smallest absolute Gasteiger partial charge is 0.192 e. The number of hydrogen-bond donors (Lipinski definition) is 1. The number of aliphatic hydroxyl groups is 1. The van der Waals surface area contributed by atoms with Crippen LogP contribution >= 0.6 is 15.9 Å². The summed E-state index contributed by atoms with van der Waals surface area (Å²) in [6, 6.07) is 0. The van der Waals surface area contributed by atoms with Gasteiger partial charge in [-0.15, -0.1) is 11.8 Å². The van der Waals surface area contributed by atoms with Crippen LogP contribution in [0.25, 0.3) is 0 Å². The zero-order valence-corrected chi connectivity index (χ0v) is 26.1. The highest BCUT2D eigenvalue weighted by Gasteiger charge is 2.58. The molecule has 1 saturated heterocycles. The number of fused-ring (bicyclic) bond motifs is 1. The van der Waals surface area contributed by atoms with Crippen LogP contribution in [-0.4, -0.2) is 44.6 Å². The third-order valence-corrected chi connectivity index (χ3v) is 14.0. The predicted octanol–water partition coefficient (Wildman–Crippen LogP) is 7.27. The van der Waals surface area contributed by atoms with Crippen molar-refractivity contribution in [3.8, 4) is 11.8 Å². The molecule has 0 bridgehead atoms. The van der Waals surface area contributed by atoms with Gasteiger partial charge in [0.15, 0.2) is 14.1 Å². The fraction of sp³-hybridized carbons (Fsp3) is 0.862. The summed E-state index contributed by atoms with van der Waals surface area (Å²) in [6.07, 6.45) is 6.29. The molecule has 0 aromatic rings. The molecule has 4 nitrogen and oxygen atoms in total. The van der Waals surface area contributed by atoms with Crippen LogP contribution in [-0.2, 0) is 13.9 Å². The minimum atomic E-state index is -1.94. The molecule has 2 aliphatic carbocycles. The van der Waals surface area contributed by atoms with Crippen molar-refractivity contribution in [2.24, 2.45) is 29.1 Å². The summed E-state index contributed by atoms with van der Waals surface area (Å²) in [5.74, 6) is 7.11. The molecular weight excluding hydrogens is 520 g/mol. The molecule has 6 atom stereocenters. The van der Waals surface area contributed by atoms with Crippen molar-refractivity contribution in [2.75, 3.05) is 13.2 Å². The zero-order chi connectivity index (χ0) is 26.2. The van der Waals surface area contributed by atoms with Gasteiger partial charge in [-0.25, -0.2) is 0 Å². The van der Waals surface area contributed by atoms with E-state index in [4.69, 9.17) is 13.9 Å². The van der Waals surface area contributed by atoms with Crippen LogP contribution in [0.15, 0.2) is 10.6 Å². The molecule has 0 radical (unpaired) electrons. The molecule has 0 amide bonds. The van der Waals surface area contributed by atoms with Crippen molar-refractivity contribution in [2.45, 2.75) is 117 Å². The Morgan fingerprint density at radius 2 is 1.83 bits per heavy atom. The first-order chi connectivity index (χ1) is 16.1. The van der Waals surface area contributed by atoms with E-state index in [9.17, 15) is 5.11 Å². The fourth-order valence-electron chi connectivity index (χ4n) is 5.51. The largest absolute Gasteiger partial charge is 0.413 e. The van der Waals surface area contributed by atoms with E-state index >= 15 is 0 Å². The summed E-state index contributed by atoms with van der Waals surface area (Å²) in [6.45, 7) is 21.6. The van der Waals surface area contributed by atoms with Gasteiger partial charge in [0.05, 0.1) is 25.4 Å². The molecule has 1 spiro atoms. The Morgan fingerprint density at radius 1 is 1.20 bits per heavy atom. The number of halogens is 1. The molecule has 6 heteroatoms. The second kappa shape index (κ2) is 10.9. The van der Waals surface area contributed by atoms with Crippen molar-refractivity contribution in [1.82, 2.24) is 0 Å². The lowest BCUT2D eigenvalue weighted by Gasteiger charge is -2.43. The zero-order valence-electron chi connectivity index (χ0n) is 23.5. The number of ether oxygens (including phenoxy) is 2. The standard InChI is InChI=1S/C29H49BrO4Si/c1-10-11-12-13-20(2)26(31)24(30)15-22-23-17-29(32-18-28(6,7)19-33-29)16-21(23)14-25(22)34-35(8,9)27(3,4)5/h15,20-23,25-26,31H,10,13-14,16-19H2,1-9H3/t20-,21-,22-,23+,25-,26+/m1/s1. The molecule has 0 aromatic carbocycles. The van der Waals surface area contributed by atoms with E-state index in [1.54, 1.807) is 0 Å². The van der Waals surface area contributed by atoms with Crippen LogP contribution in [0.1, 0.15) is 80.6 Å².